The van der Waals surface area contributed by atoms with Crippen molar-refractivity contribution in [2.75, 3.05) is 33.2 Å². The summed E-state index contributed by atoms with van der Waals surface area (Å²) in [5.41, 5.74) is 0. The van der Waals surface area contributed by atoms with Crippen LogP contribution in [-0.4, -0.2) is 49.1 Å². The van der Waals surface area contributed by atoms with Crippen LogP contribution in [0, 0.1) is 22.7 Å². The Labute approximate surface area is 79.0 Å². The van der Waals surface area contributed by atoms with E-state index in [1.54, 1.807) is 0 Å². The fourth-order valence-corrected chi connectivity index (χ4v) is 1.48. The summed E-state index contributed by atoms with van der Waals surface area (Å²) >= 11 is 0. The molecular weight excluding hydrogens is 164 g/mol. The lowest BCUT2D eigenvalue weighted by molar-refractivity contribution is 0.134. The number of likely N-dealkylation sites (N-methyl/N-ethyl adjacent to an activating group) is 1. The molecule has 0 saturated carbocycles. The van der Waals surface area contributed by atoms with Crippen LogP contribution in [0.25, 0.3) is 0 Å². The van der Waals surface area contributed by atoms with Gasteiger partial charge < -0.3 is 4.90 Å². The minimum Gasteiger partial charge on any atom is -0.304 e. The molecule has 13 heavy (non-hydrogen) atoms. The van der Waals surface area contributed by atoms with Gasteiger partial charge >= 0.3 is 0 Å². The van der Waals surface area contributed by atoms with E-state index in [0.717, 1.165) is 26.2 Å². The molecule has 0 bridgehead atoms. The summed E-state index contributed by atoms with van der Waals surface area (Å²) in [4.78, 5) is 4.32. The Morgan fingerprint density at radius 2 is 1.85 bits per heavy atom. The standard InChI is InChI=1S/C9H14N4/c1-12-4-6-13(7-5-12)9(8-11)2-3-10/h9H,2,4-7H2,1H3/t9-/m1/s1. The molecule has 1 heterocycles. The fourth-order valence-electron chi connectivity index (χ4n) is 1.48. The molecule has 0 aliphatic carbocycles. The average Bonchev–Trinajstić information content (AvgIpc) is 2.16. The second-order valence-electron chi connectivity index (χ2n) is 3.35. The first kappa shape index (κ1) is 9.98. The van der Waals surface area contributed by atoms with Gasteiger partial charge in [-0.3, -0.25) is 4.90 Å². The van der Waals surface area contributed by atoms with Crippen molar-refractivity contribution < 1.29 is 0 Å². The molecular formula is C9H14N4. The number of piperazine rings is 1. The van der Waals surface area contributed by atoms with Gasteiger partial charge in [0.1, 0.15) is 6.04 Å². The SMILES string of the molecule is CN1CCN([C@@H](C#N)CC#N)CC1. The van der Waals surface area contributed by atoms with Crippen LogP contribution in [0.2, 0.25) is 0 Å². The van der Waals surface area contributed by atoms with Crippen LogP contribution in [0.3, 0.4) is 0 Å². The van der Waals surface area contributed by atoms with Gasteiger partial charge in [-0.15, -0.1) is 0 Å². The molecule has 0 aromatic heterocycles. The lowest BCUT2D eigenvalue weighted by Crippen LogP contribution is -2.48. The van der Waals surface area contributed by atoms with Crippen LogP contribution >= 0.6 is 0 Å². The lowest BCUT2D eigenvalue weighted by atomic mass is 10.2. The first-order chi connectivity index (χ1) is 6.27. The van der Waals surface area contributed by atoms with E-state index in [4.69, 9.17) is 10.5 Å². The molecule has 0 N–H and O–H groups in total. The second-order valence-corrected chi connectivity index (χ2v) is 3.35. The monoisotopic (exact) mass is 178 g/mol. The normalized spacial score (nSPS) is 21.8. The maximum atomic E-state index is 8.82. The molecule has 0 unspecified atom stereocenters. The van der Waals surface area contributed by atoms with Gasteiger partial charge in [0.2, 0.25) is 0 Å². The molecule has 0 amide bonds. The smallest absolute Gasteiger partial charge is 0.111 e. The quantitative estimate of drug-likeness (QED) is 0.599. The highest BCUT2D eigenvalue weighted by Crippen LogP contribution is 2.06. The minimum absolute atomic E-state index is 0.210. The Morgan fingerprint density at radius 3 is 2.31 bits per heavy atom. The lowest BCUT2D eigenvalue weighted by Gasteiger charge is -2.34. The van der Waals surface area contributed by atoms with E-state index in [-0.39, 0.29) is 6.04 Å². The summed E-state index contributed by atoms with van der Waals surface area (Å²) in [5, 5.41) is 17.3. The maximum absolute atomic E-state index is 8.82. The summed E-state index contributed by atoms with van der Waals surface area (Å²) in [7, 11) is 2.07. The second kappa shape index (κ2) is 4.81. The van der Waals surface area contributed by atoms with Gasteiger partial charge in [-0.2, -0.15) is 10.5 Å². The zero-order valence-corrected chi connectivity index (χ0v) is 7.90. The van der Waals surface area contributed by atoms with E-state index < -0.39 is 0 Å². The molecule has 1 atom stereocenters. The molecule has 70 valence electrons. The van der Waals surface area contributed by atoms with E-state index in [0.29, 0.717) is 6.42 Å². The highest BCUT2D eigenvalue weighted by atomic mass is 15.3. The fraction of sp³-hybridized carbons (Fsp3) is 0.778. The van der Waals surface area contributed by atoms with Gasteiger partial charge in [-0.05, 0) is 7.05 Å². The average molecular weight is 178 g/mol. The third-order valence-corrected chi connectivity index (χ3v) is 2.41. The largest absolute Gasteiger partial charge is 0.304 e. The topological polar surface area (TPSA) is 54.1 Å². The molecule has 1 fully saturated rings. The highest BCUT2D eigenvalue weighted by Gasteiger charge is 2.21. The van der Waals surface area contributed by atoms with E-state index in [2.05, 4.69) is 22.9 Å². The van der Waals surface area contributed by atoms with E-state index in [1.165, 1.54) is 0 Å². The van der Waals surface area contributed by atoms with Gasteiger partial charge in [0, 0.05) is 26.2 Å². The number of hydrogen-bond donors (Lipinski definition) is 0. The molecule has 1 aliphatic rings. The zero-order chi connectivity index (χ0) is 9.68. The third kappa shape index (κ3) is 2.69. The van der Waals surface area contributed by atoms with Crippen LogP contribution in [0.5, 0.6) is 0 Å². The Balaban J connectivity index is 2.43. The summed E-state index contributed by atoms with van der Waals surface area (Å²) in [6.07, 6.45) is 0.320. The predicted octanol–water partition coefficient (Wildman–Crippen LogP) is 0.0397. The Hall–Kier alpha value is -1.10. The molecule has 4 nitrogen and oxygen atoms in total. The summed E-state index contributed by atoms with van der Waals surface area (Å²) in [6, 6.07) is 4.01. The predicted molar refractivity (Wildman–Crippen MR) is 48.7 cm³/mol. The van der Waals surface area contributed by atoms with Crippen molar-refractivity contribution in [3.8, 4) is 12.1 Å². The highest BCUT2D eigenvalue weighted by molar-refractivity contribution is 4.98. The van der Waals surface area contributed by atoms with Crippen LogP contribution in [-0.2, 0) is 0 Å². The Kier molecular flexibility index (Phi) is 3.70. The van der Waals surface area contributed by atoms with Crippen molar-refractivity contribution in [2.24, 2.45) is 0 Å². The maximum Gasteiger partial charge on any atom is 0.111 e. The minimum atomic E-state index is -0.210. The van der Waals surface area contributed by atoms with Crippen molar-refractivity contribution in [1.82, 2.24) is 9.80 Å². The Bertz CT molecular complexity index is 229. The van der Waals surface area contributed by atoms with E-state index >= 15 is 0 Å². The molecule has 0 spiro atoms. The molecule has 0 aromatic carbocycles. The van der Waals surface area contributed by atoms with Crippen LogP contribution in [0.4, 0.5) is 0 Å². The Morgan fingerprint density at radius 1 is 1.23 bits per heavy atom. The number of nitrogens with zero attached hydrogens (tertiary/aromatic N) is 4. The third-order valence-electron chi connectivity index (χ3n) is 2.41. The van der Waals surface area contributed by atoms with Gasteiger partial charge in [-0.1, -0.05) is 0 Å². The van der Waals surface area contributed by atoms with E-state index in [1.807, 2.05) is 6.07 Å². The number of rotatable bonds is 2. The van der Waals surface area contributed by atoms with Crippen molar-refractivity contribution in [1.29, 1.82) is 10.5 Å². The van der Waals surface area contributed by atoms with Gasteiger partial charge in [0.15, 0.2) is 0 Å². The van der Waals surface area contributed by atoms with Crippen molar-refractivity contribution in [3.05, 3.63) is 0 Å². The molecule has 0 aromatic rings. The number of nitriles is 2. The molecule has 0 radical (unpaired) electrons. The van der Waals surface area contributed by atoms with Crippen LogP contribution < -0.4 is 0 Å². The van der Waals surface area contributed by atoms with E-state index in [9.17, 15) is 0 Å². The van der Waals surface area contributed by atoms with Gasteiger partial charge in [0.25, 0.3) is 0 Å². The van der Waals surface area contributed by atoms with Gasteiger partial charge in [-0.25, -0.2) is 0 Å². The number of hydrogen-bond acceptors (Lipinski definition) is 4. The molecule has 1 rings (SSSR count). The molecule has 1 aliphatic heterocycles. The summed E-state index contributed by atoms with van der Waals surface area (Å²) < 4.78 is 0. The van der Waals surface area contributed by atoms with Crippen LogP contribution in [0.1, 0.15) is 6.42 Å². The van der Waals surface area contributed by atoms with Crippen molar-refractivity contribution >= 4 is 0 Å². The summed E-state index contributed by atoms with van der Waals surface area (Å²) in [5.74, 6) is 0. The van der Waals surface area contributed by atoms with Crippen LogP contribution in [0.15, 0.2) is 0 Å². The first-order valence-electron chi connectivity index (χ1n) is 4.47. The zero-order valence-electron chi connectivity index (χ0n) is 7.90. The molecule has 4 heteroatoms. The first-order valence-corrected chi connectivity index (χ1v) is 4.47. The molecule has 1 saturated heterocycles. The van der Waals surface area contributed by atoms with Crippen molar-refractivity contribution in [3.63, 3.8) is 0 Å². The summed E-state index contributed by atoms with van der Waals surface area (Å²) in [6.45, 7) is 3.78. The van der Waals surface area contributed by atoms with Gasteiger partial charge in [0.05, 0.1) is 18.6 Å². The van der Waals surface area contributed by atoms with Crippen molar-refractivity contribution in [2.45, 2.75) is 12.5 Å².